The molecular formula is C13H18N2O. The third-order valence-corrected chi connectivity index (χ3v) is 2.84. The van der Waals surface area contributed by atoms with Crippen molar-refractivity contribution in [1.82, 2.24) is 4.98 Å². The van der Waals surface area contributed by atoms with Gasteiger partial charge in [0.15, 0.2) is 0 Å². The number of nitrogens with two attached hydrogens (primary N) is 1. The van der Waals surface area contributed by atoms with Crippen molar-refractivity contribution >= 4 is 10.9 Å². The SMILES string of the molecule is CCOc1ccc2[nH]cc([C@H](N)CC)c2c1. The van der Waals surface area contributed by atoms with Crippen LogP contribution >= 0.6 is 0 Å². The second-order valence-electron chi connectivity index (χ2n) is 3.90. The molecule has 0 fully saturated rings. The van der Waals surface area contributed by atoms with Crippen LogP contribution in [0.15, 0.2) is 24.4 Å². The Hall–Kier alpha value is -1.48. The van der Waals surface area contributed by atoms with Crippen LogP contribution < -0.4 is 10.5 Å². The van der Waals surface area contributed by atoms with Crippen molar-refractivity contribution in [3.05, 3.63) is 30.0 Å². The average Bonchev–Trinajstić information content (AvgIpc) is 2.71. The highest BCUT2D eigenvalue weighted by Crippen LogP contribution is 2.27. The number of benzene rings is 1. The summed E-state index contributed by atoms with van der Waals surface area (Å²) in [6, 6.07) is 6.15. The molecule has 3 heteroatoms. The maximum Gasteiger partial charge on any atom is 0.120 e. The van der Waals surface area contributed by atoms with E-state index in [-0.39, 0.29) is 6.04 Å². The van der Waals surface area contributed by atoms with Gasteiger partial charge < -0.3 is 15.5 Å². The molecule has 0 amide bonds. The van der Waals surface area contributed by atoms with E-state index < -0.39 is 0 Å². The first-order valence-electron chi connectivity index (χ1n) is 5.75. The molecule has 0 aliphatic rings. The number of H-pyrrole nitrogens is 1. The van der Waals surface area contributed by atoms with Gasteiger partial charge in [-0.15, -0.1) is 0 Å². The monoisotopic (exact) mass is 218 g/mol. The third-order valence-electron chi connectivity index (χ3n) is 2.84. The van der Waals surface area contributed by atoms with Gasteiger partial charge in [0.1, 0.15) is 5.75 Å². The number of aromatic amines is 1. The molecule has 0 aliphatic heterocycles. The Bertz CT molecular complexity index is 476. The third kappa shape index (κ3) is 1.91. The summed E-state index contributed by atoms with van der Waals surface area (Å²) in [5.74, 6) is 0.902. The molecule has 0 radical (unpaired) electrons. The predicted octanol–water partition coefficient (Wildman–Crippen LogP) is 2.98. The number of hydrogen-bond acceptors (Lipinski definition) is 2. The zero-order chi connectivity index (χ0) is 11.5. The van der Waals surface area contributed by atoms with Crippen LogP contribution in [0.5, 0.6) is 5.75 Å². The smallest absolute Gasteiger partial charge is 0.120 e. The van der Waals surface area contributed by atoms with Crippen LogP contribution in [0.4, 0.5) is 0 Å². The summed E-state index contributed by atoms with van der Waals surface area (Å²) < 4.78 is 5.50. The number of rotatable bonds is 4. The molecule has 1 aromatic heterocycles. The molecule has 0 spiro atoms. The average molecular weight is 218 g/mol. The first-order valence-corrected chi connectivity index (χ1v) is 5.75. The zero-order valence-corrected chi connectivity index (χ0v) is 9.79. The standard InChI is InChI=1S/C13H18N2O/c1-3-12(14)11-8-15-13-6-5-9(16-4-2)7-10(11)13/h5-8,12,15H,3-4,14H2,1-2H3/t12-/m1/s1. The fourth-order valence-electron chi connectivity index (χ4n) is 1.90. The Kier molecular flexibility index (Phi) is 3.15. The molecule has 2 rings (SSSR count). The van der Waals surface area contributed by atoms with E-state index >= 15 is 0 Å². The van der Waals surface area contributed by atoms with E-state index in [1.165, 1.54) is 10.9 Å². The summed E-state index contributed by atoms with van der Waals surface area (Å²) in [4.78, 5) is 3.24. The van der Waals surface area contributed by atoms with E-state index in [2.05, 4.69) is 18.0 Å². The van der Waals surface area contributed by atoms with Crippen LogP contribution in [0, 0.1) is 0 Å². The van der Waals surface area contributed by atoms with Gasteiger partial charge in [-0.25, -0.2) is 0 Å². The van der Waals surface area contributed by atoms with E-state index in [0.29, 0.717) is 6.61 Å². The lowest BCUT2D eigenvalue weighted by atomic mass is 10.0. The molecule has 0 bridgehead atoms. The van der Waals surface area contributed by atoms with Crippen molar-refractivity contribution in [2.45, 2.75) is 26.3 Å². The van der Waals surface area contributed by atoms with Gasteiger partial charge in [0.25, 0.3) is 0 Å². The molecular weight excluding hydrogens is 200 g/mol. The highest BCUT2D eigenvalue weighted by atomic mass is 16.5. The maximum absolute atomic E-state index is 6.07. The fourth-order valence-corrected chi connectivity index (χ4v) is 1.90. The van der Waals surface area contributed by atoms with Gasteiger partial charge in [0.2, 0.25) is 0 Å². The minimum atomic E-state index is 0.0885. The number of fused-ring (bicyclic) bond motifs is 1. The second-order valence-corrected chi connectivity index (χ2v) is 3.90. The lowest BCUT2D eigenvalue weighted by Gasteiger charge is -2.08. The molecule has 86 valence electrons. The van der Waals surface area contributed by atoms with Crippen LogP contribution in [0.3, 0.4) is 0 Å². The van der Waals surface area contributed by atoms with Crippen molar-refractivity contribution in [2.75, 3.05) is 6.61 Å². The summed E-state index contributed by atoms with van der Waals surface area (Å²) in [5, 5.41) is 1.17. The summed E-state index contributed by atoms with van der Waals surface area (Å²) >= 11 is 0. The topological polar surface area (TPSA) is 51.0 Å². The summed E-state index contributed by atoms with van der Waals surface area (Å²) in [6.07, 6.45) is 2.93. The van der Waals surface area contributed by atoms with Crippen LogP contribution in [-0.2, 0) is 0 Å². The highest BCUT2D eigenvalue weighted by Gasteiger charge is 2.10. The minimum Gasteiger partial charge on any atom is -0.494 e. The molecule has 0 aliphatic carbocycles. The second kappa shape index (κ2) is 4.58. The van der Waals surface area contributed by atoms with Crippen molar-refractivity contribution in [3.63, 3.8) is 0 Å². The van der Waals surface area contributed by atoms with Gasteiger partial charge in [0.05, 0.1) is 6.61 Å². The van der Waals surface area contributed by atoms with Gasteiger partial charge >= 0.3 is 0 Å². The van der Waals surface area contributed by atoms with Crippen LogP contribution in [0.25, 0.3) is 10.9 Å². The molecule has 0 saturated carbocycles. The van der Waals surface area contributed by atoms with E-state index in [1.807, 2.05) is 25.3 Å². The number of nitrogens with one attached hydrogen (secondary N) is 1. The Balaban J connectivity index is 2.47. The minimum absolute atomic E-state index is 0.0885. The molecule has 1 aromatic carbocycles. The van der Waals surface area contributed by atoms with Gasteiger partial charge in [-0.05, 0) is 37.1 Å². The molecule has 3 nitrogen and oxygen atoms in total. The number of ether oxygens (including phenoxy) is 1. The molecule has 16 heavy (non-hydrogen) atoms. The lowest BCUT2D eigenvalue weighted by Crippen LogP contribution is -2.07. The zero-order valence-electron chi connectivity index (χ0n) is 9.79. The first-order chi connectivity index (χ1) is 7.76. The molecule has 3 N–H and O–H groups in total. The quantitative estimate of drug-likeness (QED) is 0.828. The molecule has 0 unspecified atom stereocenters. The van der Waals surface area contributed by atoms with Crippen molar-refractivity contribution in [3.8, 4) is 5.75 Å². The van der Waals surface area contributed by atoms with E-state index in [1.54, 1.807) is 0 Å². The first kappa shape index (κ1) is 11.0. The van der Waals surface area contributed by atoms with E-state index in [0.717, 1.165) is 17.7 Å². The van der Waals surface area contributed by atoms with Crippen molar-refractivity contribution < 1.29 is 4.74 Å². The molecule has 0 saturated heterocycles. The summed E-state index contributed by atoms with van der Waals surface area (Å²) in [5.41, 5.74) is 8.35. The van der Waals surface area contributed by atoms with Gasteiger partial charge in [-0.1, -0.05) is 6.92 Å². The lowest BCUT2D eigenvalue weighted by molar-refractivity contribution is 0.340. The Morgan fingerprint density at radius 1 is 1.38 bits per heavy atom. The highest BCUT2D eigenvalue weighted by molar-refractivity contribution is 5.85. The molecule has 2 aromatic rings. The summed E-state index contributed by atoms with van der Waals surface area (Å²) in [6.45, 7) is 4.76. The summed E-state index contributed by atoms with van der Waals surface area (Å²) in [7, 11) is 0. The normalized spacial score (nSPS) is 12.9. The Labute approximate surface area is 95.6 Å². The van der Waals surface area contributed by atoms with E-state index in [9.17, 15) is 0 Å². The Morgan fingerprint density at radius 3 is 2.88 bits per heavy atom. The Morgan fingerprint density at radius 2 is 2.19 bits per heavy atom. The number of aromatic nitrogens is 1. The van der Waals surface area contributed by atoms with Crippen molar-refractivity contribution in [1.29, 1.82) is 0 Å². The van der Waals surface area contributed by atoms with Crippen molar-refractivity contribution in [2.24, 2.45) is 5.73 Å². The fraction of sp³-hybridized carbons (Fsp3) is 0.385. The van der Waals surface area contributed by atoms with Gasteiger partial charge in [-0.2, -0.15) is 0 Å². The number of hydrogen-bond donors (Lipinski definition) is 2. The predicted molar refractivity (Wildman–Crippen MR) is 66.7 cm³/mol. The largest absolute Gasteiger partial charge is 0.494 e. The van der Waals surface area contributed by atoms with E-state index in [4.69, 9.17) is 10.5 Å². The maximum atomic E-state index is 6.07. The molecule has 1 atom stereocenters. The van der Waals surface area contributed by atoms with Crippen LogP contribution in [0.1, 0.15) is 31.9 Å². The molecule has 1 heterocycles. The van der Waals surface area contributed by atoms with Gasteiger partial charge in [-0.3, -0.25) is 0 Å². The van der Waals surface area contributed by atoms with Crippen LogP contribution in [-0.4, -0.2) is 11.6 Å². The van der Waals surface area contributed by atoms with Crippen LogP contribution in [0.2, 0.25) is 0 Å². The van der Waals surface area contributed by atoms with Gasteiger partial charge in [0, 0.05) is 23.1 Å².